The molecule has 2 aliphatic heterocycles. The highest BCUT2D eigenvalue weighted by molar-refractivity contribution is 6.30. The fourth-order valence-corrected chi connectivity index (χ4v) is 5.11. The molecule has 0 spiro atoms. The number of benzene rings is 2. The molecule has 1 N–H and O–H groups in total. The Morgan fingerprint density at radius 3 is 2.41 bits per heavy atom. The third kappa shape index (κ3) is 6.89. The van der Waals surface area contributed by atoms with E-state index in [1.807, 2.05) is 55.5 Å². The summed E-state index contributed by atoms with van der Waals surface area (Å²) >= 11 is 11.5. The van der Waals surface area contributed by atoms with Gasteiger partial charge in [0.1, 0.15) is 0 Å². The summed E-state index contributed by atoms with van der Waals surface area (Å²) < 4.78 is 11.1. The first-order chi connectivity index (χ1) is 17.8. The van der Waals surface area contributed by atoms with Gasteiger partial charge >= 0.3 is 0 Å². The van der Waals surface area contributed by atoms with Gasteiger partial charge < -0.3 is 19.5 Å². The van der Waals surface area contributed by atoms with E-state index in [0.717, 1.165) is 47.9 Å². The summed E-state index contributed by atoms with van der Waals surface area (Å²) in [6.45, 7) is 3.63. The lowest BCUT2D eigenvalue weighted by Gasteiger charge is -2.31. The van der Waals surface area contributed by atoms with Crippen molar-refractivity contribution in [2.75, 3.05) is 20.3 Å². The van der Waals surface area contributed by atoms with Crippen LogP contribution in [0.3, 0.4) is 0 Å². The van der Waals surface area contributed by atoms with Gasteiger partial charge in [-0.1, -0.05) is 53.5 Å². The van der Waals surface area contributed by atoms with Crippen LogP contribution in [0, 0.1) is 5.92 Å². The molecular weight excluding hydrogens is 511 g/mol. The molecule has 1 aromatic heterocycles. The van der Waals surface area contributed by atoms with Crippen LogP contribution in [0.15, 0.2) is 66.9 Å². The lowest BCUT2D eigenvalue weighted by atomic mass is 9.82. The van der Waals surface area contributed by atoms with E-state index < -0.39 is 11.8 Å². The van der Waals surface area contributed by atoms with Crippen molar-refractivity contribution >= 4 is 29.1 Å². The van der Waals surface area contributed by atoms with Gasteiger partial charge in [-0.05, 0) is 68.0 Å². The fourth-order valence-electron chi connectivity index (χ4n) is 4.85. The zero-order valence-corrected chi connectivity index (χ0v) is 22.6. The van der Waals surface area contributed by atoms with Crippen LogP contribution in [0.1, 0.15) is 59.6 Å². The van der Waals surface area contributed by atoms with Crippen LogP contribution in [0.25, 0.3) is 0 Å². The predicted octanol–water partition coefficient (Wildman–Crippen LogP) is 6.40. The molecule has 2 unspecified atom stereocenters. The molecule has 2 aliphatic rings. The number of rotatable bonds is 6. The first-order valence-corrected chi connectivity index (χ1v) is 13.1. The lowest BCUT2D eigenvalue weighted by Crippen LogP contribution is -2.29. The molecule has 8 heteroatoms. The molecule has 6 nitrogen and oxygen atoms in total. The maximum atomic E-state index is 13.2. The average Bonchev–Trinajstić information content (AvgIpc) is 3.16. The van der Waals surface area contributed by atoms with E-state index in [1.165, 1.54) is 0 Å². The fraction of sp³-hybridized carbons (Fsp3) is 0.379. The Morgan fingerprint density at radius 1 is 1.08 bits per heavy atom. The molecule has 2 atom stereocenters. The van der Waals surface area contributed by atoms with Crippen molar-refractivity contribution in [3.05, 3.63) is 99.3 Å². The quantitative estimate of drug-likeness (QED) is 0.390. The highest BCUT2D eigenvalue weighted by Gasteiger charge is 2.39. The van der Waals surface area contributed by atoms with E-state index in [2.05, 4.69) is 4.98 Å². The smallest absolute Gasteiger partial charge is 0.256 e. The molecule has 1 saturated heterocycles. The van der Waals surface area contributed by atoms with Crippen molar-refractivity contribution < 1.29 is 19.4 Å². The molecule has 0 aliphatic carbocycles. The second kappa shape index (κ2) is 12.4. The monoisotopic (exact) mass is 542 g/mol. The van der Waals surface area contributed by atoms with Gasteiger partial charge in [0.2, 0.25) is 0 Å². The minimum Gasteiger partial charge on any atom is -0.385 e. The Morgan fingerprint density at radius 2 is 1.81 bits per heavy atom. The van der Waals surface area contributed by atoms with E-state index in [9.17, 15) is 9.90 Å². The van der Waals surface area contributed by atoms with Gasteiger partial charge in [-0.3, -0.25) is 9.78 Å². The number of hydrogen-bond donors (Lipinski definition) is 1. The lowest BCUT2D eigenvalue weighted by molar-refractivity contribution is -0.0168. The normalized spacial score (nSPS) is 19.1. The number of hydrogen-bond acceptors (Lipinski definition) is 5. The summed E-state index contributed by atoms with van der Waals surface area (Å²) in [7, 11) is 1.59. The number of fused-ring (bicyclic) bond motifs is 1. The summed E-state index contributed by atoms with van der Waals surface area (Å²) in [5.41, 5.74) is 1.85. The van der Waals surface area contributed by atoms with Gasteiger partial charge in [-0.15, -0.1) is 0 Å². The van der Waals surface area contributed by atoms with Crippen molar-refractivity contribution in [1.29, 1.82) is 0 Å². The molecular formula is C29H32Cl2N2O4. The van der Waals surface area contributed by atoms with Gasteiger partial charge in [-0.2, -0.15) is 0 Å². The molecule has 3 heterocycles. The van der Waals surface area contributed by atoms with Gasteiger partial charge in [0, 0.05) is 42.7 Å². The van der Waals surface area contributed by atoms with Crippen molar-refractivity contribution in [3.63, 3.8) is 0 Å². The van der Waals surface area contributed by atoms with Crippen molar-refractivity contribution in [2.24, 2.45) is 5.92 Å². The number of methoxy groups -OCH3 is 1. The first-order valence-electron chi connectivity index (χ1n) is 12.4. The van der Waals surface area contributed by atoms with Crippen LogP contribution in [0.4, 0.5) is 0 Å². The Bertz CT molecular complexity index is 1180. The predicted molar refractivity (Wildman–Crippen MR) is 144 cm³/mol. The van der Waals surface area contributed by atoms with Gasteiger partial charge in [0.15, 0.2) is 6.23 Å². The molecule has 196 valence electrons. The third-order valence-electron chi connectivity index (χ3n) is 6.82. The second-order valence-electron chi connectivity index (χ2n) is 9.62. The molecule has 1 fully saturated rings. The summed E-state index contributed by atoms with van der Waals surface area (Å²) in [5.74, 6) is 0.286. The molecule has 1 amide bonds. The van der Waals surface area contributed by atoms with Gasteiger partial charge in [0.25, 0.3) is 5.91 Å². The number of nitrogens with zero attached hydrogens (tertiary/aromatic N) is 2. The van der Waals surface area contributed by atoms with E-state index in [-0.39, 0.29) is 5.91 Å². The SMILES string of the molecule is COC1c2ccc(C(C)(O)CC3CCOCC3)cc2C(=O)N1Cc1ccc(Cl)cn1.Clc1ccccc1. The van der Waals surface area contributed by atoms with Crippen molar-refractivity contribution in [1.82, 2.24) is 9.88 Å². The zero-order valence-electron chi connectivity index (χ0n) is 21.1. The van der Waals surface area contributed by atoms with E-state index in [0.29, 0.717) is 29.5 Å². The standard InChI is InChI=1S/C23H27ClN2O4.C6H5Cl/c1-23(28,12-15-7-9-30-10-8-15)16-3-6-19-20(11-16)21(27)26(22(19)29-2)14-18-5-4-17(24)13-25-18;7-6-4-2-1-3-5-6/h3-6,11,13,15,22,28H,7-10,12,14H2,1-2H3;1-5H. The van der Waals surface area contributed by atoms with Crippen LogP contribution in [-0.4, -0.2) is 41.2 Å². The molecule has 3 aromatic rings. The molecule has 37 heavy (non-hydrogen) atoms. The van der Waals surface area contributed by atoms with Crippen LogP contribution in [0.5, 0.6) is 0 Å². The van der Waals surface area contributed by atoms with Crippen molar-refractivity contribution in [2.45, 2.75) is 44.6 Å². The summed E-state index contributed by atoms with van der Waals surface area (Å²) in [4.78, 5) is 19.1. The third-order valence-corrected chi connectivity index (χ3v) is 7.30. The first kappa shape index (κ1) is 27.6. The summed E-state index contributed by atoms with van der Waals surface area (Å²) in [6.07, 6.45) is 3.63. The number of pyridine rings is 1. The summed E-state index contributed by atoms with van der Waals surface area (Å²) in [6, 6.07) is 18.6. The van der Waals surface area contributed by atoms with Crippen LogP contribution in [-0.2, 0) is 21.6 Å². The number of ether oxygens (including phenoxy) is 2. The molecule has 2 aromatic carbocycles. The number of carbonyl (C=O) groups is 1. The molecule has 0 saturated carbocycles. The van der Waals surface area contributed by atoms with Crippen LogP contribution >= 0.6 is 23.2 Å². The number of halogens is 2. The molecule has 0 bridgehead atoms. The van der Waals surface area contributed by atoms with Crippen molar-refractivity contribution in [3.8, 4) is 0 Å². The maximum absolute atomic E-state index is 13.2. The largest absolute Gasteiger partial charge is 0.385 e. The van der Waals surface area contributed by atoms with E-state index >= 15 is 0 Å². The van der Waals surface area contributed by atoms with E-state index in [4.69, 9.17) is 32.7 Å². The maximum Gasteiger partial charge on any atom is 0.256 e. The number of aromatic nitrogens is 1. The number of amides is 1. The Balaban J connectivity index is 0.000000396. The topological polar surface area (TPSA) is 71.9 Å². The molecule has 5 rings (SSSR count). The minimum atomic E-state index is -1.01. The second-order valence-corrected chi connectivity index (χ2v) is 10.5. The number of aliphatic hydroxyl groups is 1. The Kier molecular flexibility index (Phi) is 9.22. The van der Waals surface area contributed by atoms with Gasteiger partial charge in [-0.25, -0.2) is 0 Å². The summed E-state index contributed by atoms with van der Waals surface area (Å²) in [5, 5.41) is 12.5. The zero-order chi connectivity index (χ0) is 26.4. The van der Waals surface area contributed by atoms with Crippen LogP contribution in [0.2, 0.25) is 10.0 Å². The highest BCUT2D eigenvalue weighted by atomic mass is 35.5. The minimum absolute atomic E-state index is 0.127. The molecule has 0 radical (unpaired) electrons. The Labute approximate surface area is 228 Å². The average molecular weight is 543 g/mol. The van der Waals surface area contributed by atoms with E-state index in [1.54, 1.807) is 30.3 Å². The Hall–Kier alpha value is -2.48. The van der Waals surface area contributed by atoms with Gasteiger partial charge in [0.05, 0.1) is 22.9 Å². The number of carbonyl (C=O) groups excluding carboxylic acids is 1. The van der Waals surface area contributed by atoms with Crippen LogP contribution < -0.4 is 0 Å². The highest BCUT2D eigenvalue weighted by Crippen LogP contribution is 2.39.